The van der Waals surface area contributed by atoms with Gasteiger partial charge in [0.15, 0.2) is 0 Å². The summed E-state index contributed by atoms with van der Waals surface area (Å²) in [6.07, 6.45) is 6.15. The van der Waals surface area contributed by atoms with Crippen LogP contribution in [-0.4, -0.2) is 48.2 Å². The van der Waals surface area contributed by atoms with Crippen molar-refractivity contribution in [2.75, 3.05) is 11.9 Å². The summed E-state index contributed by atoms with van der Waals surface area (Å²) < 4.78 is 34.1. The molecule has 3 aromatic rings. The van der Waals surface area contributed by atoms with Gasteiger partial charge in [-0.25, -0.2) is 32.9 Å². The van der Waals surface area contributed by atoms with E-state index in [0.29, 0.717) is 17.1 Å². The van der Waals surface area contributed by atoms with Crippen molar-refractivity contribution >= 4 is 50.6 Å². The van der Waals surface area contributed by atoms with Crippen LogP contribution in [-0.2, 0) is 14.8 Å². The Morgan fingerprint density at radius 3 is 2.63 bits per heavy atom. The lowest BCUT2D eigenvalue weighted by Gasteiger charge is -2.28. The summed E-state index contributed by atoms with van der Waals surface area (Å²) in [5.74, 6) is 0.706. The Balaban J connectivity index is 1.53. The number of thiazole rings is 1. The minimum atomic E-state index is -3.78. The van der Waals surface area contributed by atoms with Gasteiger partial charge in [0.25, 0.3) is 0 Å². The summed E-state index contributed by atoms with van der Waals surface area (Å²) >= 11 is 7.38. The van der Waals surface area contributed by atoms with Crippen molar-refractivity contribution in [1.82, 2.24) is 25.0 Å². The van der Waals surface area contributed by atoms with Gasteiger partial charge >= 0.3 is 6.09 Å². The molecular formula is C25H31ClN6O4S2. The maximum Gasteiger partial charge on any atom is 0.407 e. The summed E-state index contributed by atoms with van der Waals surface area (Å²) in [7, 11) is -3.78. The van der Waals surface area contributed by atoms with Gasteiger partial charge in [-0.1, -0.05) is 13.0 Å². The normalized spacial score (nSPS) is 17.8. The van der Waals surface area contributed by atoms with Gasteiger partial charge in [-0.15, -0.1) is 11.3 Å². The van der Waals surface area contributed by atoms with E-state index in [9.17, 15) is 13.2 Å². The molecule has 10 nitrogen and oxygen atoms in total. The molecule has 0 unspecified atom stereocenters. The van der Waals surface area contributed by atoms with E-state index in [4.69, 9.17) is 16.3 Å². The highest BCUT2D eigenvalue weighted by atomic mass is 35.5. The Labute approximate surface area is 231 Å². The number of hydrogen-bond donors (Lipinski definition) is 3. The first-order valence-corrected chi connectivity index (χ1v) is 15.1. The molecule has 0 atom stereocenters. The van der Waals surface area contributed by atoms with E-state index < -0.39 is 10.0 Å². The molecule has 1 amide bonds. The van der Waals surface area contributed by atoms with Crippen molar-refractivity contribution in [3.05, 3.63) is 47.0 Å². The average molecular weight is 579 g/mol. The van der Waals surface area contributed by atoms with E-state index in [0.717, 1.165) is 35.6 Å². The number of rotatable bonds is 9. The molecule has 0 saturated heterocycles. The van der Waals surface area contributed by atoms with Gasteiger partial charge in [0, 0.05) is 42.1 Å². The second kappa shape index (κ2) is 12.4. The largest absolute Gasteiger partial charge is 0.447 e. The highest BCUT2D eigenvalue weighted by Crippen LogP contribution is 2.40. The predicted octanol–water partition coefficient (Wildman–Crippen LogP) is 5.46. The minimum absolute atomic E-state index is 0.0820. The SMILES string of the molecule is CCNS(=O)(=O)c1cc(Nc2ccnc(Cl)n2)ccc1-c1cnc([C@H]2CC[C@H](NC(=O)OC(C)C)CC2)s1. The average Bonchev–Trinajstić information content (AvgIpc) is 3.34. The quantitative estimate of drug-likeness (QED) is 0.285. The third-order valence-corrected chi connectivity index (χ3v) is 8.99. The molecule has 1 fully saturated rings. The van der Waals surface area contributed by atoms with Crippen LogP contribution in [0.15, 0.2) is 41.6 Å². The zero-order chi connectivity index (χ0) is 27.3. The van der Waals surface area contributed by atoms with Crippen LogP contribution in [0.4, 0.5) is 16.3 Å². The third-order valence-electron chi connectivity index (χ3n) is 6.03. The molecule has 0 bridgehead atoms. The second-order valence-corrected chi connectivity index (χ2v) is 12.4. The fourth-order valence-electron chi connectivity index (χ4n) is 4.35. The van der Waals surface area contributed by atoms with Crippen molar-refractivity contribution in [3.8, 4) is 10.4 Å². The molecular weight excluding hydrogens is 548 g/mol. The first-order valence-electron chi connectivity index (χ1n) is 12.5. The fraction of sp³-hybridized carbons (Fsp3) is 0.440. The van der Waals surface area contributed by atoms with Crippen LogP contribution in [0.1, 0.15) is 57.4 Å². The lowest BCUT2D eigenvalue weighted by atomic mass is 9.86. The number of nitrogens with one attached hydrogen (secondary N) is 3. The molecule has 1 saturated carbocycles. The van der Waals surface area contributed by atoms with Crippen LogP contribution in [0.3, 0.4) is 0 Å². The molecule has 0 radical (unpaired) electrons. The molecule has 1 aliphatic carbocycles. The lowest BCUT2D eigenvalue weighted by molar-refractivity contribution is 0.109. The molecule has 3 N–H and O–H groups in total. The Kier molecular flexibility index (Phi) is 9.19. The number of carbonyl (C=O) groups is 1. The number of alkyl carbamates (subject to hydrolysis) is 1. The number of ether oxygens (including phenoxy) is 1. The van der Waals surface area contributed by atoms with Gasteiger partial charge in [-0.3, -0.25) is 0 Å². The lowest BCUT2D eigenvalue weighted by Crippen LogP contribution is -2.38. The molecule has 1 aliphatic rings. The van der Waals surface area contributed by atoms with Crippen molar-refractivity contribution in [2.24, 2.45) is 0 Å². The zero-order valence-corrected chi connectivity index (χ0v) is 23.8. The maximum atomic E-state index is 13.1. The van der Waals surface area contributed by atoms with E-state index in [1.165, 1.54) is 17.5 Å². The zero-order valence-electron chi connectivity index (χ0n) is 21.4. The summed E-state index contributed by atoms with van der Waals surface area (Å²) in [5, 5.41) is 7.08. The van der Waals surface area contributed by atoms with Crippen LogP contribution < -0.4 is 15.4 Å². The number of hydrogen-bond acceptors (Lipinski definition) is 9. The smallest absolute Gasteiger partial charge is 0.407 e. The molecule has 2 aromatic heterocycles. The van der Waals surface area contributed by atoms with Crippen molar-refractivity contribution in [3.63, 3.8) is 0 Å². The van der Waals surface area contributed by atoms with E-state index in [-0.39, 0.29) is 40.9 Å². The van der Waals surface area contributed by atoms with E-state index in [1.54, 1.807) is 37.4 Å². The molecule has 4 rings (SSSR count). The van der Waals surface area contributed by atoms with Crippen LogP contribution in [0.25, 0.3) is 10.4 Å². The maximum absolute atomic E-state index is 13.1. The Hall–Kier alpha value is -2.80. The number of aromatic nitrogens is 3. The van der Waals surface area contributed by atoms with Gasteiger partial charge in [0.2, 0.25) is 15.3 Å². The van der Waals surface area contributed by atoms with E-state index >= 15 is 0 Å². The van der Waals surface area contributed by atoms with Crippen LogP contribution in [0, 0.1) is 0 Å². The fourth-order valence-corrected chi connectivity index (χ4v) is 6.97. The Bertz CT molecular complexity index is 1370. The van der Waals surface area contributed by atoms with Crippen molar-refractivity contribution in [2.45, 2.75) is 69.4 Å². The summed E-state index contributed by atoms with van der Waals surface area (Å²) in [4.78, 5) is 25.5. The number of amides is 1. The number of carbonyl (C=O) groups excluding carboxylic acids is 1. The van der Waals surface area contributed by atoms with Crippen molar-refractivity contribution in [1.29, 1.82) is 0 Å². The van der Waals surface area contributed by atoms with Crippen LogP contribution in [0.2, 0.25) is 5.28 Å². The number of anilines is 2. The number of nitrogens with zero attached hydrogens (tertiary/aromatic N) is 3. The molecule has 13 heteroatoms. The van der Waals surface area contributed by atoms with Gasteiger partial charge in [-0.05, 0) is 69.3 Å². The second-order valence-electron chi connectivity index (χ2n) is 9.26. The number of sulfonamides is 1. The van der Waals surface area contributed by atoms with Gasteiger partial charge < -0.3 is 15.4 Å². The van der Waals surface area contributed by atoms with Gasteiger partial charge in [0.05, 0.1) is 20.9 Å². The first kappa shape index (κ1) is 28.2. The monoisotopic (exact) mass is 578 g/mol. The molecule has 1 aromatic carbocycles. The summed E-state index contributed by atoms with van der Waals surface area (Å²) in [5.41, 5.74) is 1.12. The highest BCUT2D eigenvalue weighted by molar-refractivity contribution is 7.89. The molecule has 0 aliphatic heterocycles. The van der Waals surface area contributed by atoms with Crippen LogP contribution in [0.5, 0.6) is 0 Å². The number of benzene rings is 1. The first-order chi connectivity index (χ1) is 18.1. The third kappa shape index (κ3) is 7.19. The standard InChI is InChI=1S/C25H31ClN6O4S2/c1-4-29-38(34,35)21-13-18(30-22-11-12-27-24(26)32-22)9-10-19(21)20-14-28-23(37-20)16-5-7-17(8-6-16)31-25(33)36-15(2)3/h9-17,29H,4-8H2,1-3H3,(H,31,33)(H,27,30,32)/t16-,17-. The molecule has 2 heterocycles. The van der Waals surface area contributed by atoms with Gasteiger partial charge in [-0.2, -0.15) is 0 Å². The van der Waals surface area contributed by atoms with Gasteiger partial charge in [0.1, 0.15) is 5.82 Å². The molecule has 38 heavy (non-hydrogen) atoms. The molecule has 0 spiro atoms. The topological polar surface area (TPSA) is 135 Å². The highest BCUT2D eigenvalue weighted by Gasteiger charge is 2.27. The van der Waals surface area contributed by atoms with E-state index in [2.05, 4.69) is 30.3 Å². The predicted molar refractivity (Wildman–Crippen MR) is 148 cm³/mol. The Morgan fingerprint density at radius 2 is 1.95 bits per heavy atom. The number of halogens is 1. The molecule has 204 valence electrons. The van der Waals surface area contributed by atoms with Crippen molar-refractivity contribution < 1.29 is 17.9 Å². The van der Waals surface area contributed by atoms with E-state index in [1.807, 2.05) is 13.8 Å². The Morgan fingerprint density at radius 1 is 1.18 bits per heavy atom. The summed E-state index contributed by atoms with van der Waals surface area (Å²) in [6, 6.07) is 6.87. The minimum Gasteiger partial charge on any atom is -0.447 e. The van der Waals surface area contributed by atoms with Crippen LogP contribution >= 0.6 is 22.9 Å². The summed E-state index contributed by atoms with van der Waals surface area (Å²) in [6.45, 7) is 5.64.